The Balaban J connectivity index is 1.98. The maximum atomic E-state index is 5.40. The Hall–Kier alpha value is -0.800. The Morgan fingerprint density at radius 2 is 2.40 bits per heavy atom. The van der Waals surface area contributed by atoms with Gasteiger partial charge in [0.1, 0.15) is 5.76 Å². The van der Waals surface area contributed by atoms with Crippen molar-refractivity contribution in [3.63, 3.8) is 0 Å². The van der Waals surface area contributed by atoms with E-state index in [1.807, 2.05) is 6.07 Å². The summed E-state index contributed by atoms with van der Waals surface area (Å²) in [6.07, 6.45) is 2.96. The van der Waals surface area contributed by atoms with E-state index in [-0.39, 0.29) is 0 Å². The van der Waals surface area contributed by atoms with Crippen LogP contribution in [0.5, 0.6) is 0 Å². The zero-order chi connectivity index (χ0) is 10.7. The van der Waals surface area contributed by atoms with Crippen LogP contribution in [0.15, 0.2) is 22.8 Å². The summed E-state index contributed by atoms with van der Waals surface area (Å²) in [7, 11) is 0. The fourth-order valence-corrected chi connectivity index (χ4v) is 2.14. The summed E-state index contributed by atoms with van der Waals surface area (Å²) in [5.41, 5.74) is 0. The van der Waals surface area contributed by atoms with Crippen LogP contribution in [0.1, 0.15) is 26.0 Å². The molecule has 0 radical (unpaired) electrons. The van der Waals surface area contributed by atoms with Crippen molar-refractivity contribution in [1.29, 1.82) is 0 Å². The lowest BCUT2D eigenvalue weighted by atomic mass is 10.2. The fourth-order valence-electron chi connectivity index (χ4n) is 2.14. The quantitative estimate of drug-likeness (QED) is 0.804. The van der Waals surface area contributed by atoms with Crippen LogP contribution in [0.2, 0.25) is 0 Å². The molecule has 1 aromatic rings. The summed E-state index contributed by atoms with van der Waals surface area (Å²) >= 11 is 0. The minimum atomic E-state index is 0.574. The molecule has 84 valence electrons. The topological polar surface area (TPSA) is 28.4 Å². The van der Waals surface area contributed by atoms with Crippen molar-refractivity contribution in [2.75, 3.05) is 13.1 Å². The third-order valence-electron chi connectivity index (χ3n) is 3.13. The summed E-state index contributed by atoms with van der Waals surface area (Å²) in [6.45, 7) is 7.69. The Labute approximate surface area is 91.4 Å². The number of nitrogens with one attached hydrogen (secondary N) is 1. The highest BCUT2D eigenvalue weighted by Gasteiger charge is 2.20. The second kappa shape index (κ2) is 4.81. The Bertz CT molecular complexity index is 284. The molecule has 1 aromatic heterocycles. The van der Waals surface area contributed by atoms with Crippen molar-refractivity contribution < 1.29 is 4.42 Å². The molecule has 1 aliphatic heterocycles. The molecule has 15 heavy (non-hydrogen) atoms. The molecule has 0 aliphatic carbocycles. The summed E-state index contributed by atoms with van der Waals surface area (Å²) in [5, 5.41) is 3.51. The van der Waals surface area contributed by atoms with Crippen molar-refractivity contribution in [1.82, 2.24) is 10.2 Å². The van der Waals surface area contributed by atoms with Crippen LogP contribution >= 0.6 is 0 Å². The van der Waals surface area contributed by atoms with Crippen LogP contribution < -0.4 is 5.32 Å². The number of rotatable bonds is 2. The van der Waals surface area contributed by atoms with E-state index in [4.69, 9.17) is 4.42 Å². The second-order valence-electron chi connectivity index (χ2n) is 4.50. The summed E-state index contributed by atoms with van der Waals surface area (Å²) in [4.78, 5) is 2.49. The number of hydrogen-bond donors (Lipinski definition) is 1. The standard InChI is InChI=1S/C12H20N2O/c1-10-8-14(11(2)5-6-13-10)9-12-4-3-7-15-12/h3-4,7,10-11,13H,5-6,8-9H2,1-2H3. The molecule has 1 N–H and O–H groups in total. The number of hydrogen-bond acceptors (Lipinski definition) is 3. The van der Waals surface area contributed by atoms with E-state index in [2.05, 4.69) is 30.1 Å². The molecule has 1 saturated heterocycles. The fraction of sp³-hybridized carbons (Fsp3) is 0.667. The number of furan rings is 1. The first-order chi connectivity index (χ1) is 7.25. The lowest BCUT2D eigenvalue weighted by Crippen LogP contribution is -2.37. The average Bonchev–Trinajstić information content (AvgIpc) is 2.63. The summed E-state index contributed by atoms with van der Waals surface area (Å²) in [5.74, 6) is 1.07. The van der Waals surface area contributed by atoms with E-state index in [0.29, 0.717) is 12.1 Å². The van der Waals surface area contributed by atoms with E-state index in [9.17, 15) is 0 Å². The van der Waals surface area contributed by atoms with Crippen LogP contribution in [0, 0.1) is 0 Å². The Kier molecular flexibility index (Phi) is 3.44. The number of nitrogens with zero attached hydrogens (tertiary/aromatic N) is 1. The van der Waals surface area contributed by atoms with Gasteiger partial charge >= 0.3 is 0 Å². The molecule has 0 amide bonds. The van der Waals surface area contributed by atoms with Crippen LogP contribution in [-0.4, -0.2) is 30.1 Å². The van der Waals surface area contributed by atoms with Crippen molar-refractivity contribution in [2.24, 2.45) is 0 Å². The van der Waals surface area contributed by atoms with Gasteiger partial charge < -0.3 is 9.73 Å². The van der Waals surface area contributed by atoms with Crippen LogP contribution in [0.25, 0.3) is 0 Å². The highest BCUT2D eigenvalue weighted by atomic mass is 16.3. The van der Waals surface area contributed by atoms with Gasteiger partial charge in [0.2, 0.25) is 0 Å². The van der Waals surface area contributed by atoms with Crippen LogP contribution in [0.3, 0.4) is 0 Å². The summed E-state index contributed by atoms with van der Waals surface area (Å²) < 4.78 is 5.40. The van der Waals surface area contributed by atoms with Gasteiger partial charge in [0.05, 0.1) is 12.8 Å². The van der Waals surface area contributed by atoms with Gasteiger partial charge in [-0.3, -0.25) is 4.90 Å². The predicted octanol–water partition coefficient (Wildman–Crippen LogP) is 1.85. The molecule has 0 aromatic carbocycles. The molecule has 2 unspecified atom stereocenters. The Morgan fingerprint density at radius 3 is 3.13 bits per heavy atom. The van der Waals surface area contributed by atoms with E-state index in [1.54, 1.807) is 6.26 Å². The van der Waals surface area contributed by atoms with Gasteiger partial charge in [-0.25, -0.2) is 0 Å². The monoisotopic (exact) mass is 208 g/mol. The van der Waals surface area contributed by atoms with Gasteiger partial charge in [-0.05, 0) is 38.9 Å². The molecular formula is C12H20N2O. The lowest BCUT2D eigenvalue weighted by molar-refractivity contribution is 0.184. The first-order valence-corrected chi connectivity index (χ1v) is 5.75. The molecular weight excluding hydrogens is 188 g/mol. The van der Waals surface area contributed by atoms with Gasteiger partial charge in [-0.1, -0.05) is 0 Å². The Morgan fingerprint density at radius 1 is 1.53 bits per heavy atom. The predicted molar refractivity (Wildman–Crippen MR) is 60.7 cm³/mol. The van der Waals surface area contributed by atoms with Crippen LogP contribution in [-0.2, 0) is 6.54 Å². The van der Waals surface area contributed by atoms with E-state index < -0.39 is 0 Å². The minimum Gasteiger partial charge on any atom is -0.468 e. The molecule has 0 saturated carbocycles. The minimum absolute atomic E-state index is 0.574. The maximum absolute atomic E-state index is 5.40. The molecule has 0 bridgehead atoms. The van der Waals surface area contributed by atoms with Gasteiger partial charge in [-0.2, -0.15) is 0 Å². The van der Waals surface area contributed by atoms with Crippen LogP contribution in [0.4, 0.5) is 0 Å². The molecule has 3 heteroatoms. The molecule has 3 nitrogen and oxygen atoms in total. The van der Waals surface area contributed by atoms with Gasteiger partial charge in [0.25, 0.3) is 0 Å². The van der Waals surface area contributed by atoms with Crippen molar-refractivity contribution in [2.45, 2.75) is 38.9 Å². The molecule has 2 heterocycles. The average molecular weight is 208 g/mol. The first kappa shape index (κ1) is 10.7. The van der Waals surface area contributed by atoms with Gasteiger partial charge in [0.15, 0.2) is 0 Å². The molecule has 2 atom stereocenters. The molecule has 1 fully saturated rings. The highest BCUT2D eigenvalue weighted by Crippen LogP contribution is 2.13. The van der Waals surface area contributed by atoms with Crippen molar-refractivity contribution in [3.05, 3.63) is 24.2 Å². The van der Waals surface area contributed by atoms with E-state index in [1.165, 1.54) is 6.42 Å². The second-order valence-corrected chi connectivity index (χ2v) is 4.50. The molecule has 1 aliphatic rings. The third kappa shape index (κ3) is 2.83. The molecule has 0 spiro atoms. The van der Waals surface area contributed by atoms with Crippen molar-refractivity contribution in [3.8, 4) is 0 Å². The van der Waals surface area contributed by atoms with Gasteiger partial charge in [0, 0.05) is 18.6 Å². The van der Waals surface area contributed by atoms with E-state index in [0.717, 1.165) is 25.4 Å². The van der Waals surface area contributed by atoms with Gasteiger partial charge in [-0.15, -0.1) is 0 Å². The SMILES string of the molecule is CC1CN(Cc2ccco2)C(C)CCN1. The zero-order valence-electron chi connectivity index (χ0n) is 9.57. The third-order valence-corrected chi connectivity index (χ3v) is 3.13. The smallest absolute Gasteiger partial charge is 0.117 e. The first-order valence-electron chi connectivity index (χ1n) is 5.75. The molecule has 2 rings (SSSR count). The normalized spacial score (nSPS) is 28.9. The maximum Gasteiger partial charge on any atom is 0.117 e. The zero-order valence-corrected chi connectivity index (χ0v) is 9.57. The lowest BCUT2D eigenvalue weighted by Gasteiger charge is -2.26. The summed E-state index contributed by atoms with van der Waals surface area (Å²) in [6, 6.07) is 5.22. The van der Waals surface area contributed by atoms with Crippen molar-refractivity contribution >= 4 is 0 Å². The highest BCUT2D eigenvalue weighted by molar-refractivity contribution is 4.98. The largest absolute Gasteiger partial charge is 0.468 e. The van der Waals surface area contributed by atoms with E-state index >= 15 is 0 Å².